The highest BCUT2D eigenvalue weighted by Crippen LogP contribution is 2.44. The van der Waals surface area contributed by atoms with Crippen LogP contribution in [0.25, 0.3) is 47.9 Å². The van der Waals surface area contributed by atoms with E-state index in [9.17, 15) is 0 Å². The van der Waals surface area contributed by atoms with Gasteiger partial charge in [-0.25, -0.2) is 0 Å². The average molecular weight is 549 g/mol. The zero-order valence-corrected chi connectivity index (χ0v) is 23.2. The molecule has 0 fully saturated rings. The third-order valence-electron chi connectivity index (χ3n) is 7.78. The lowest BCUT2D eigenvalue weighted by Crippen LogP contribution is -2.36. The van der Waals surface area contributed by atoms with Crippen molar-refractivity contribution in [3.05, 3.63) is 152 Å². The van der Waals surface area contributed by atoms with Gasteiger partial charge < -0.3 is 16.0 Å². The second-order valence-electron chi connectivity index (χ2n) is 10.2. The molecule has 3 aromatic heterocycles. The summed E-state index contributed by atoms with van der Waals surface area (Å²) in [7, 11) is 0. The van der Waals surface area contributed by atoms with Gasteiger partial charge in [0.05, 0.1) is 11.1 Å². The Balaban J connectivity index is 1.57. The van der Waals surface area contributed by atoms with E-state index in [-0.39, 0.29) is 0 Å². The molecule has 5 heteroatoms. The van der Waals surface area contributed by atoms with Gasteiger partial charge in [0.15, 0.2) is 0 Å². The lowest BCUT2D eigenvalue weighted by Gasteiger charge is -2.30. The van der Waals surface area contributed by atoms with Crippen LogP contribution in [0.1, 0.15) is 11.1 Å². The number of hydrogen-bond donors (Lipinski definition) is 2. The van der Waals surface area contributed by atoms with E-state index in [1.54, 1.807) is 23.6 Å². The van der Waals surface area contributed by atoms with Gasteiger partial charge in [-0.05, 0) is 71.3 Å². The van der Waals surface area contributed by atoms with Gasteiger partial charge >= 0.3 is 0 Å². The van der Waals surface area contributed by atoms with Crippen LogP contribution < -0.4 is 11.5 Å². The number of fused-ring (bicyclic) bond motifs is 4. The quantitative estimate of drug-likeness (QED) is 0.161. The van der Waals surface area contributed by atoms with Crippen molar-refractivity contribution < 1.29 is 0 Å². The predicted molar refractivity (Wildman–Crippen MR) is 175 cm³/mol. The third-order valence-corrected chi connectivity index (χ3v) is 8.92. The number of nitrogens with two attached hydrogens (primary N) is 2. The molecule has 0 bridgehead atoms. The van der Waals surface area contributed by atoms with Gasteiger partial charge in [0.25, 0.3) is 0 Å². The molecule has 4 nitrogen and oxygen atoms in total. The Bertz CT molecular complexity index is 2090. The number of pyridine rings is 1. The van der Waals surface area contributed by atoms with E-state index in [1.165, 1.54) is 20.2 Å². The maximum Gasteiger partial charge on any atom is 0.0876 e. The van der Waals surface area contributed by atoms with Crippen molar-refractivity contribution in [1.29, 1.82) is 0 Å². The number of allylic oxidation sites excluding steroid dienone is 2. The average Bonchev–Trinajstić information content (AvgIpc) is 3.60. The van der Waals surface area contributed by atoms with Crippen molar-refractivity contribution >= 4 is 48.1 Å². The molecule has 0 aliphatic heterocycles. The highest BCUT2D eigenvalue weighted by atomic mass is 32.1. The van der Waals surface area contributed by atoms with Crippen molar-refractivity contribution in [2.45, 2.75) is 5.54 Å². The number of para-hydroxylation sites is 1. The Morgan fingerprint density at radius 3 is 2.46 bits per heavy atom. The van der Waals surface area contributed by atoms with Crippen LogP contribution in [0.4, 0.5) is 5.69 Å². The van der Waals surface area contributed by atoms with Crippen LogP contribution in [0.5, 0.6) is 0 Å². The van der Waals surface area contributed by atoms with Gasteiger partial charge in [0, 0.05) is 61.1 Å². The third kappa shape index (κ3) is 4.14. The number of hydrogen-bond acceptors (Lipinski definition) is 4. The zero-order chi connectivity index (χ0) is 28.0. The van der Waals surface area contributed by atoms with Gasteiger partial charge in [-0.15, -0.1) is 11.3 Å². The van der Waals surface area contributed by atoms with E-state index in [2.05, 4.69) is 101 Å². The molecule has 4 aromatic carbocycles. The van der Waals surface area contributed by atoms with E-state index in [0.29, 0.717) is 5.69 Å². The van der Waals surface area contributed by atoms with Crippen molar-refractivity contribution in [2.24, 2.45) is 5.73 Å². The van der Waals surface area contributed by atoms with Crippen LogP contribution in [-0.2, 0) is 5.54 Å². The molecule has 0 aliphatic carbocycles. The fourth-order valence-corrected chi connectivity index (χ4v) is 6.88. The van der Waals surface area contributed by atoms with Gasteiger partial charge in [0.2, 0.25) is 0 Å². The van der Waals surface area contributed by atoms with Crippen LogP contribution in [0.15, 0.2) is 140 Å². The lowest BCUT2D eigenvalue weighted by molar-refractivity contribution is 0.680. The maximum absolute atomic E-state index is 7.38. The van der Waals surface area contributed by atoms with E-state index in [4.69, 9.17) is 11.5 Å². The van der Waals surface area contributed by atoms with Crippen molar-refractivity contribution in [1.82, 2.24) is 9.55 Å². The first-order valence-corrected chi connectivity index (χ1v) is 14.3. The summed E-state index contributed by atoms with van der Waals surface area (Å²) in [6.07, 6.45) is 11.3. The van der Waals surface area contributed by atoms with Crippen molar-refractivity contribution in [3.63, 3.8) is 0 Å². The zero-order valence-electron chi connectivity index (χ0n) is 22.4. The first-order valence-electron chi connectivity index (χ1n) is 13.5. The second kappa shape index (κ2) is 9.89. The van der Waals surface area contributed by atoms with Crippen LogP contribution >= 0.6 is 11.3 Å². The monoisotopic (exact) mass is 548 g/mol. The summed E-state index contributed by atoms with van der Waals surface area (Å²) in [6, 6.07) is 33.6. The molecule has 41 heavy (non-hydrogen) atoms. The van der Waals surface area contributed by atoms with Crippen LogP contribution in [0, 0.1) is 0 Å². The molecule has 1 unspecified atom stereocenters. The second-order valence-corrected chi connectivity index (χ2v) is 11.3. The van der Waals surface area contributed by atoms with Gasteiger partial charge in [0.1, 0.15) is 0 Å². The molecule has 198 valence electrons. The molecule has 0 saturated carbocycles. The molecular weight excluding hydrogens is 520 g/mol. The molecule has 0 saturated heterocycles. The number of nitrogens with zero attached hydrogens (tertiary/aromatic N) is 2. The molecular formula is C36H28N4S. The molecule has 0 radical (unpaired) electrons. The van der Waals surface area contributed by atoms with E-state index in [1.807, 2.05) is 36.5 Å². The number of nitrogen functional groups attached to an aromatic ring is 1. The molecule has 1 atom stereocenters. The Morgan fingerprint density at radius 2 is 1.66 bits per heavy atom. The minimum atomic E-state index is -0.984. The fraction of sp³-hybridized carbons (Fsp3) is 0.0278. The Morgan fingerprint density at radius 1 is 0.829 bits per heavy atom. The minimum absolute atomic E-state index is 0.709. The number of thiophene rings is 1. The Kier molecular flexibility index (Phi) is 6.04. The summed E-state index contributed by atoms with van der Waals surface area (Å²) >= 11 is 1.78. The first kappa shape index (κ1) is 25.0. The van der Waals surface area contributed by atoms with Crippen molar-refractivity contribution in [3.8, 4) is 16.8 Å². The van der Waals surface area contributed by atoms with Crippen LogP contribution in [0.3, 0.4) is 0 Å². The van der Waals surface area contributed by atoms with E-state index in [0.717, 1.165) is 38.8 Å². The molecule has 7 aromatic rings. The highest BCUT2D eigenvalue weighted by molar-refractivity contribution is 7.25. The topological polar surface area (TPSA) is 69.9 Å². The number of anilines is 1. The SMILES string of the molecule is C=C/C=C\C(N)(c1cccnc1)c1cc2ccn(-c3ccccc3)c2cc1-c1cc2sc3ccccc3c2cc1N. The minimum Gasteiger partial charge on any atom is -0.398 e. The van der Waals surface area contributed by atoms with E-state index >= 15 is 0 Å². The molecule has 0 amide bonds. The Labute approximate surface area is 242 Å². The summed E-state index contributed by atoms with van der Waals surface area (Å²) < 4.78 is 4.63. The molecule has 0 spiro atoms. The molecule has 0 aliphatic rings. The summed E-state index contributed by atoms with van der Waals surface area (Å²) in [5.41, 5.74) is 19.9. The highest BCUT2D eigenvalue weighted by Gasteiger charge is 2.31. The summed E-state index contributed by atoms with van der Waals surface area (Å²) in [4.78, 5) is 4.41. The largest absolute Gasteiger partial charge is 0.398 e. The lowest BCUT2D eigenvalue weighted by atomic mass is 9.79. The Hall–Kier alpha value is -4.97. The number of rotatable bonds is 6. The molecule has 7 rings (SSSR count). The first-order chi connectivity index (χ1) is 20.1. The maximum atomic E-state index is 7.38. The van der Waals surface area contributed by atoms with Gasteiger partial charge in [-0.1, -0.05) is 67.3 Å². The standard InChI is InChI=1S/C36H28N4S/c1-2-3-16-36(38,25-10-9-17-39-23-25)31-19-24-15-18-40(26-11-5-4-6-12-26)33(24)21-28(31)29-22-35-30(20-32(29)37)27-13-7-8-14-34(27)41-35/h2-23H,1,37-38H2/b16-3-. The normalized spacial score (nSPS) is 13.3. The summed E-state index contributed by atoms with van der Waals surface area (Å²) in [6.45, 7) is 3.91. The molecule has 4 N–H and O–H groups in total. The smallest absolute Gasteiger partial charge is 0.0876 e. The fourth-order valence-electron chi connectivity index (χ4n) is 5.75. The van der Waals surface area contributed by atoms with Gasteiger partial charge in [-0.2, -0.15) is 0 Å². The van der Waals surface area contributed by atoms with E-state index < -0.39 is 5.54 Å². The number of aromatic nitrogens is 2. The van der Waals surface area contributed by atoms with Crippen LogP contribution in [-0.4, -0.2) is 9.55 Å². The molecule has 3 heterocycles. The summed E-state index contributed by atoms with van der Waals surface area (Å²) in [5.74, 6) is 0. The predicted octanol–water partition coefficient (Wildman–Crippen LogP) is 8.59. The van der Waals surface area contributed by atoms with Crippen LogP contribution in [0.2, 0.25) is 0 Å². The van der Waals surface area contributed by atoms with Gasteiger partial charge in [-0.3, -0.25) is 4.98 Å². The number of benzene rings is 4. The van der Waals surface area contributed by atoms with Crippen molar-refractivity contribution in [2.75, 3.05) is 5.73 Å². The summed E-state index contributed by atoms with van der Waals surface area (Å²) in [5, 5.41) is 3.47.